The van der Waals surface area contributed by atoms with Gasteiger partial charge in [0.05, 0.1) is 0 Å². The molecule has 2 aliphatic carbocycles. The van der Waals surface area contributed by atoms with Crippen molar-refractivity contribution >= 4 is 5.78 Å². The maximum Gasteiger partial charge on any atom is 0.178 e. The lowest BCUT2D eigenvalue weighted by atomic mass is 9.65. The third-order valence-electron chi connectivity index (χ3n) is 3.32. The number of carbonyl (C=O) groups excluding carboxylic acids is 1. The number of allylic oxidation sites excluding steroid dienone is 4. The van der Waals surface area contributed by atoms with Crippen LogP contribution < -0.4 is 0 Å². The molecule has 0 N–H and O–H groups in total. The molecule has 2 rings (SSSR count). The van der Waals surface area contributed by atoms with Crippen LogP contribution in [-0.4, -0.2) is 11.5 Å². The minimum atomic E-state index is -1.35. The van der Waals surface area contributed by atoms with E-state index in [1.807, 2.05) is 13.8 Å². The third-order valence-corrected chi connectivity index (χ3v) is 3.32. The molecule has 0 saturated heterocycles. The van der Waals surface area contributed by atoms with Crippen LogP contribution in [0.2, 0.25) is 0 Å². The van der Waals surface area contributed by atoms with Crippen LogP contribution >= 0.6 is 0 Å². The zero-order valence-electron chi connectivity index (χ0n) is 8.64. The second-order valence-electron chi connectivity index (χ2n) is 4.89. The summed E-state index contributed by atoms with van der Waals surface area (Å²) in [6, 6.07) is 0. The summed E-state index contributed by atoms with van der Waals surface area (Å²) in [5, 5.41) is 0. The van der Waals surface area contributed by atoms with Gasteiger partial charge in [-0.15, -0.1) is 0 Å². The molecule has 76 valence electrons. The number of hydrogen-bond acceptors (Lipinski definition) is 1. The van der Waals surface area contributed by atoms with Crippen molar-refractivity contribution in [1.82, 2.24) is 0 Å². The minimum Gasteiger partial charge on any atom is -0.290 e. The molecule has 2 heteroatoms. The zero-order chi connectivity index (χ0) is 10.4. The van der Waals surface area contributed by atoms with E-state index in [2.05, 4.69) is 0 Å². The lowest BCUT2D eigenvalue weighted by Crippen LogP contribution is -2.39. The Morgan fingerprint density at radius 1 is 1.36 bits per heavy atom. The van der Waals surface area contributed by atoms with Crippen molar-refractivity contribution in [2.75, 3.05) is 0 Å². The molecule has 0 aromatic heterocycles. The van der Waals surface area contributed by atoms with Crippen LogP contribution in [0.5, 0.6) is 0 Å². The summed E-state index contributed by atoms with van der Waals surface area (Å²) in [6.07, 6.45) is 6.65. The highest BCUT2D eigenvalue weighted by Gasteiger charge is 2.45. The van der Waals surface area contributed by atoms with Crippen molar-refractivity contribution in [2.24, 2.45) is 5.41 Å². The molecule has 14 heavy (non-hydrogen) atoms. The topological polar surface area (TPSA) is 17.1 Å². The van der Waals surface area contributed by atoms with Gasteiger partial charge in [0.1, 0.15) is 0 Å². The molecule has 1 atom stereocenters. The number of carbonyl (C=O) groups is 1. The summed E-state index contributed by atoms with van der Waals surface area (Å²) in [6.45, 7) is 4.03. The van der Waals surface area contributed by atoms with Crippen LogP contribution in [0.25, 0.3) is 0 Å². The fourth-order valence-electron chi connectivity index (χ4n) is 2.51. The van der Waals surface area contributed by atoms with E-state index < -0.39 is 5.67 Å². The molecule has 1 unspecified atom stereocenters. The summed E-state index contributed by atoms with van der Waals surface area (Å²) >= 11 is 0. The lowest BCUT2D eigenvalue weighted by molar-refractivity contribution is -0.110. The van der Waals surface area contributed by atoms with Gasteiger partial charge in [0, 0.05) is 0 Å². The van der Waals surface area contributed by atoms with E-state index in [4.69, 9.17) is 0 Å². The molecule has 0 radical (unpaired) electrons. The van der Waals surface area contributed by atoms with Gasteiger partial charge in [0.2, 0.25) is 0 Å². The van der Waals surface area contributed by atoms with E-state index >= 15 is 0 Å². The highest BCUT2D eigenvalue weighted by atomic mass is 19.1. The van der Waals surface area contributed by atoms with E-state index in [0.29, 0.717) is 12.0 Å². The average Bonchev–Trinajstić information content (AvgIpc) is 2.08. The Hall–Kier alpha value is -0.920. The number of hydrogen-bond donors (Lipinski definition) is 0. The van der Waals surface area contributed by atoms with Crippen LogP contribution in [0.4, 0.5) is 4.39 Å². The Morgan fingerprint density at radius 2 is 2.07 bits per heavy atom. The van der Waals surface area contributed by atoms with Gasteiger partial charge >= 0.3 is 0 Å². The van der Waals surface area contributed by atoms with Crippen LogP contribution in [0.3, 0.4) is 0 Å². The molecule has 1 nitrogen and oxygen atoms in total. The molecule has 1 saturated carbocycles. The van der Waals surface area contributed by atoms with E-state index in [-0.39, 0.29) is 11.2 Å². The first-order chi connectivity index (χ1) is 6.44. The van der Waals surface area contributed by atoms with Crippen molar-refractivity contribution in [2.45, 2.75) is 38.8 Å². The van der Waals surface area contributed by atoms with Gasteiger partial charge in [-0.05, 0) is 48.5 Å². The molecule has 0 aromatic carbocycles. The number of ketones is 1. The largest absolute Gasteiger partial charge is 0.290 e. The van der Waals surface area contributed by atoms with Crippen LogP contribution in [0.15, 0.2) is 23.8 Å². The van der Waals surface area contributed by atoms with Gasteiger partial charge in [-0.3, -0.25) is 4.79 Å². The lowest BCUT2D eigenvalue weighted by Gasteiger charge is -2.42. The van der Waals surface area contributed by atoms with E-state index in [0.717, 1.165) is 12.8 Å². The third kappa shape index (κ3) is 1.33. The standard InChI is InChI=1S/C12H15FO/c1-11(2)5-3-6-12(13)7-4-9(14)8-10(11)12/h4,7-8H,3,5-6H2,1-2H3. The van der Waals surface area contributed by atoms with Crippen molar-refractivity contribution < 1.29 is 9.18 Å². The molecule has 0 spiro atoms. The Balaban J connectivity index is 2.46. The monoisotopic (exact) mass is 194 g/mol. The molecule has 0 heterocycles. The average molecular weight is 194 g/mol. The van der Waals surface area contributed by atoms with E-state index in [1.165, 1.54) is 18.2 Å². The quantitative estimate of drug-likeness (QED) is 0.579. The van der Waals surface area contributed by atoms with Gasteiger partial charge in [-0.25, -0.2) is 4.39 Å². The van der Waals surface area contributed by atoms with E-state index in [9.17, 15) is 9.18 Å². The second-order valence-corrected chi connectivity index (χ2v) is 4.89. The molecule has 0 aromatic rings. The Bertz CT molecular complexity index is 338. The van der Waals surface area contributed by atoms with Crippen molar-refractivity contribution in [1.29, 1.82) is 0 Å². The Morgan fingerprint density at radius 3 is 2.79 bits per heavy atom. The summed E-state index contributed by atoms with van der Waals surface area (Å²) in [5.41, 5.74) is -0.855. The van der Waals surface area contributed by atoms with Crippen LogP contribution in [0, 0.1) is 5.41 Å². The van der Waals surface area contributed by atoms with Gasteiger partial charge in [-0.2, -0.15) is 0 Å². The van der Waals surface area contributed by atoms with Gasteiger partial charge in [0.25, 0.3) is 0 Å². The first-order valence-corrected chi connectivity index (χ1v) is 5.09. The normalized spacial score (nSPS) is 35.1. The van der Waals surface area contributed by atoms with Gasteiger partial charge in [0.15, 0.2) is 11.5 Å². The van der Waals surface area contributed by atoms with Crippen molar-refractivity contribution in [3.63, 3.8) is 0 Å². The Labute approximate surface area is 83.7 Å². The highest BCUT2D eigenvalue weighted by molar-refractivity contribution is 6.01. The number of alkyl halides is 1. The molecule has 0 bridgehead atoms. The maximum absolute atomic E-state index is 14.4. The zero-order valence-corrected chi connectivity index (χ0v) is 8.64. The fourth-order valence-corrected chi connectivity index (χ4v) is 2.51. The number of rotatable bonds is 0. The molecule has 0 amide bonds. The molecular weight excluding hydrogens is 179 g/mol. The number of fused-ring (bicyclic) bond motifs is 1. The molecule has 0 aliphatic heterocycles. The predicted molar refractivity (Wildman–Crippen MR) is 53.7 cm³/mol. The summed E-state index contributed by atoms with van der Waals surface area (Å²) in [5.74, 6) is -0.0803. The van der Waals surface area contributed by atoms with E-state index in [1.54, 1.807) is 0 Å². The first kappa shape index (κ1) is 9.63. The summed E-state index contributed by atoms with van der Waals surface area (Å²) in [7, 11) is 0. The summed E-state index contributed by atoms with van der Waals surface area (Å²) < 4.78 is 14.4. The molecule has 1 fully saturated rings. The van der Waals surface area contributed by atoms with Crippen molar-refractivity contribution in [3.05, 3.63) is 23.8 Å². The molecule has 2 aliphatic rings. The Kier molecular flexibility index (Phi) is 1.91. The van der Waals surface area contributed by atoms with Crippen LogP contribution in [-0.2, 0) is 4.79 Å². The van der Waals surface area contributed by atoms with Crippen LogP contribution in [0.1, 0.15) is 33.1 Å². The summed E-state index contributed by atoms with van der Waals surface area (Å²) in [4.78, 5) is 11.2. The van der Waals surface area contributed by atoms with Gasteiger partial charge in [-0.1, -0.05) is 13.8 Å². The van der Waals surface area contributed by atoms with Crippen molar-refractivity contribution in [3.8, 4) is 0 Å². The second kappa shape index (κ2) is 2.78. The maximum atomic E-state index is 14.4. The highest BCUT2D eigenvalue weighted by Crippen LogP contribution is 2.49. The minimum absolute atomic E-state index is 0.0803. The smallest absolute Gasteiger partial charge is 0.178 e. The number of halogens is 1. The molecular formula is C12H15FO. The predicted octanol–water partition coefficient (Wildman–Crippen LogP) is 2.97. The fraction of sp³-hybridized carbons (Fsp3) is 0.583. The first-order valence-electron chi connectivity index (χ1n) is 5.09. The SMILES string of the molecule is CC1(C)CCCC2(F)C=CC(=O)C=C12. The van der Waals surface area contributed by atoms with Gasteiger partial charge < -0.3 is 0 Å².